The number of hydrogen-bond donors (Lipinski definition) is 2. The minimum absolute atomic E-state index is 0.0990. The highest BCUT2D eigenvalue weighted by Crippen LogP contribution is 2.22. The van der Waals surface area contributed by atoms with E-state index in [1.807, 2.05) is 20.8 Å². The number of halogens is 1. The molecule has 0 aliphatic rings. The monoisotopic (exact) mass is 304 g/mol. The summed E-state index contributed by atoms with van der Waals surface area (Å²) in [6.45, 7) is 6.17. The van der Waals surface area contributed by atoms with Crippen molar-refractivity contribution in [2.75, 3.05) is 6.54 Å². The van der Waals surface area contributed by atoms with Gasteiger partial charge in [-0.15, -0.1) is 0 Å². The summed E-state index contributed by atoms with van der Waals surface area (Å²) in [6.07, 6.45) is 0.694. The minimum atomic E-state index is -3.63. The zero-order chi connectivity index (χ0) is 14.6. The number of sulfonamides is 1. The molecule has 0 saturated carbocycles. The molecule has 108 valence electrons. The third-order valence-electron chi connectivity index (χ3n) is 2.74. The van der Waals surface area contributed by atoms with Crippen LogP contribution in [0.4, 0.5) is 0 Å². The fraction of sp³-hybridized carbons (Fsp3) is 0.538. The first-order valence-electron chi connectivity index (χ1n) is 6.24. The fourth-order valence-electron chi connectivity index (χ4n) is 1.87. The molecule has 0 fully saturated rings. The molecule has 1 rings (SSSR count). The molecule has 6 heteroatoms. The van der Waals surface area contributed by atoms with Gasteiger partial charge in [-0.3, -0.25) is 0 Å². The zero-order valence-corrected chi connectivity index (χ0v) is 13.1. The SMILES string of the molecule is Cc1ccc(S(=O)(=O)NC(CN)CC(C)C)c(Cl)c1. The minimum Gasteiger partial charge on any atom is -0.329 e. The molecular weight excluding hydrogens is 284 g/mol. The third-order valence-corrected chi connectivity index (χ3v) is 4.74. The van der Waals surface area contributed by atoms with Gasteiger partial charge in [0.2, 0.25) is 10.0 Å². The summed E-state index contributed by atoms with van der Waals surface area (Å²) in [5.41, 5.74) is 6.53. The van der Waals surface area contributed by atoms with Gasteiger partial charge in [0.25, 0.3) is 0 Å². The van der Waals surface area contributed by atoms with E-state index < -0.39 is 10.0 Å². The highest BCUT2D eigenvalue weighted by atomic mass is 35.5. The van der Waals surface area contributed by atoms with Crippen LogP contribution < -0.4 is 10.5 Å². The van der Waals surface area contributed by atoms with Crippen LogP contribution in [0, 0.1) is 12.8 Å². The average Bonchev–Trinajstić information content (AvgIpc) is 2.26. The topological polar surface area (TPSA) is 72.2 Å². The van der Waals surface area contributed by atoms with Crippen LogP contribution in [-0.2, 0) is 10.0 Å². The molecule has 1 aromatic rings. The Labute approximate surface area is 120 Å². The van der Waals surface area contributed by atoms with Crippen molar-refractivity contribution in [3.8, 4) is 0 Å². The van der Waals surface area contributed by atoms with Crippen LogP contribution in [0.3, 0.4) is 0 Å². The number of nitrogens with two attached hydrogens (primary N) is 1. The lowest BCUT2D eigenvalue weighted by molar-refractivity contribution is 0.465. The first kappa shape index (κ1) is 16.4. The van der Waals surface area contributed by atoms with Gasteiger partial charge in [0.15, 0.2) is 0 Å². The van der Waals surface area contributed by atoms with Gasteiger partial charge in [0.1, 0.15) is 4.90 Å². The highest BCUT2D eigenvalue weighted by molar-refractivity contribution is 7.89. The Morgan fingerprint density at radius 1 is 1.37 bits per heavy atom. The molecule has 0 aliphatic carbocycles. The Balaban J connectivity index is 2.97. The Bertz CT molecular complexity index is 529. The summed E-state index contributed by atoms with van der Waals surface area (Å²) in [7, 11) is -3.63. The molecular formula is C13H21ClN2O2S. The maximum Gasteiger partial charge on any atom is 0.242 e. The Kier molecular flexibility index (Phi) is 5.80. The van der Waals surface area contributed by atoms with Gasteiger partial charge < -0.3 is 5.73 Å². The van der Waals surface area contributed by atoms with E-state index in [0.29, 0.717) is 12.3 Å². The van der Waals surface area contributed by atoms with E-state index in [0.717, 1.165) is 5.56 Å². The summed E-state index contributed by atoms with van der Waals surface area (Å²) in [5, 5.41) is 0.229. The van der Waals surface area contributed by atoms with Crippen LogP contribution in [0.2, 0.25) is 5.02 Å². The van der Waals surface area contributed by atoms with Crippen molar-refractivity contribution < 1.29 is 8.42 Å². The summed E-state index contributed by atoms with van der Waals surface area (Å²) in [5.74, 6) is 0.365. The van der Waals surface area contributed by atoms with Crippen molar-refractivity contribution in [1.29, 1.82) is 0 Å². The van der Waals surface area contributed by atoms with E-state index >= 15 is 0 Å². The summed E-state index contributed by atoms with van der Waals surface area (Å²) in [4.78, 5) is 0.0990. The van der Waals surface area contributed by atoms with E-state index in [4.69, 9.17) is 17.3 Å². The number of hydrogen-bond acceptors (Lipinski definition) is 3. The molecule has 0 saturated heterocycles. The van der Waals surface area contributed by atoms with E-state index in [1.165, 1.54) is 6.07 Å². The molecule has 0 bridgehead atoms. The molecule has 4 nitrogen and oxygen atoms in total. The number of benzene rings is 1. The van der Waals surface area contributed by atoms with Crippen LogP contribution in [0.5, 0.6) is 0 Å². The standard InChI is InChI=1S/C13H21ClN2O2S/c1-9(2)6-11(8-15)16-19(17,18)13-5-4-10(3)7-12(13)14/h4-5,7,9,11,16H,6,8,15H2,1-3H3. The van der Waals surface area contributed by atoms with Crippen molar-refractivity contribution in [2.45, 2.75) is 38.1 Å². The molecule has 3 N–H and O–H groups in total. The lowest BCUT2D eigenvalue weighted by Crippen LogP contribution is -2.41. The van der Waals surface area contributed by atoms with E-state index in [1.54, 1.807) is 12.1 Å². The fourth-order valence-corrected chi connectivity index (χ4v) is 3.73. The van der Waals surface area contributed by atoms with Gasteiger partial charge in [-0.05, 0) is 37.0 Å². The molecule has 19 heavy (non-hydrogen) atoms. The quantitative estimate of drug-likeness (QED) is 0.847. The van der Waals surface area contributed by atoms with Gasteiger partial charge >= 0.3 is 0 Å². The van der Waals surface area contributed by atoms with Gasteiger partial charge in [-0.25, -0.2) is 13.1 Å². The van der Waals surface area contributed by atoms with Crippen molar-refractivity contribution >= 4 is 21.6 Å². The second-order valence-corrected chi connectivity index (χ2v) is 7.21. The average molecular weight is 305 g/mol. The van der Waals surface area contributed by atoms with Crippen LogP contribution in [0.25, 0.3) is 0 Å². The van der Waals surface area contributed by atoms with Crippen molar-refractivity contribution in [2.24, 2.45) is 11.7 Å². The summed E-state index contributed by atoms with van der Waals surface area (Å²) >= 11 is 6.00. The molecule has 0 amide bonds. The second kappa shape index (κ2) is 6.70. The van der Waals surface area contributed by atoms with E-state index in [2.05, 4.69) is 4.72 Å². The number of nitrogens with one attached hydrogen (secondary N) is 1. The van der Waals surface area contributed by atoms with Crippen molar-refractivity contribution in [3.63, 3.8) is 0 Å². The lowest BCUT2D eigenvalue weighted by atomic mass is 10.1. The smallest absolute Gasteiger partial charge is 0.242 e. The van der Waals surface area contributed by atoms with Crippen molar-refractivity contribution in [3.05, 3.63) is 28.8 Å². The molecule has 1 aromatic carbocycles. The lowest BCUT2D eigenvalue weighted by Gasteiger charge is -2.19. The second-order valence-electron chi connectivity index (χ2n) is 5.12. The molecule has 1 atom stereocenters. The van der Waals surface area contributed by atoms with Gasteiger partial charge in [0, 0.05) is 12.6 Å². The molecule has 0 heterocycles. The molecule has 0 spiro atoms. The van der Waals surface area contributed by atoms with Gasteiger partial charge in [-0.2, -0.15) is 0 Å². The highest BCUT2D eigenvalue weighted by Gasteiger charge is 2.22. The first-order chi connectivity index (χ1) is 8.76. The van der Waals surface area contributed by atoms with Crippen LogP contribution in [0.15, 0.2) is 23.1 Å². The summed E-state index contributed by atoms with van der Waals surface area (Å²) in [6, 6.07) is 4.60. The number of rotatable bonds is 6. The predicted molar refractivity (Wildman–Crippen MR) is 78.8 cm³/mol. The third kappa shape index (κ3) is 4.76. The van der Waals surface area contributed by atoms with Gasteiger partial charge in [-0.1, -0.05) is 31.5 Å². The summed E-state index contributed by atoms with van der Waals surface area (Å²) < 4.78 is 27.1. The predicted octanol–water partition coefficient (Wildman–Crippen LogP) is 2.30. The number of aryl methyl sites for hydroxylation is 1. The largest absolute Gasteiger partial charge is 0.329 e. The molecule has 0 aromatic heterocycles. The van der Waals surface area contributed by atoms with Crippen LogP contribution in [0.1, 0.15) is 25.8 Å². The molecule has 1 unspecified atom stereocenters. The zero-order valence-electron chi connectivity index (χ0n) is 11.5. The van der Waals surface area contributed by atoms with Crippen LogP contribution >= 0.6 is 11.6 Å². The van der Waals surface area contributed by atoms with Crippen LogP contribution in [-0.4, -0.2) is 21.0 Å². The Morgan fingerprint density at radius 3 is 2.47 bits per heavy atom. The maximum atomic E-state index is 12.3. The normalized spacial score (nSPS) is 13.8. The van der Waals surface area contributed by atoms with Crippen molar-refractivity contribution in [1.82, 2.24) is 4.72 Å². The molecule has 0 aliphatic heterocycles. The van der Waals surface area contributed by atoms with E-state index in [9.17, 15) is 8.42 Å². The Morgan fingerprint density at radius 2 is 2.00 bits per heavy atom. The Hall–Kier alpha value is -0.620. The van der Waals surface area contributed by atoms with Gasteiger partial charge in [0.05, 0.1) is 5.02 Å². The maximum absolute atomic E-state index is 12.3. The first-order valence-corrected chi connectivity index (χ1v) is 8.11. The van der Waals surface area contributed by atoms with E-state index in [-0.39, 0.29) is 22.5 Å². The molecule has 0 radical (unpaired) electrons.